The fraction of sp³-hybridized carbons (Fsp3) is 0.643. The van der Waals surface area contributed by atoms with E-state index in [-0.39, 0.29) is 0 Å². The maximum atomic E-state index is 5.66. The van der Waals surface area contributed by atoms with Crippen LogP contribution in [0.25, 0.3) is 11.4 Å². The number of aromatic nitrogens is 4. The minimum atomic E-state index is 0.605. The normalized spacial score (nSPS) is 13.1. The molecule has 0 radical (unpaired) electrons. The van der Waals surface area contributed by atoms with Crippen LogP contribution in [0, 0.1) is 11.8 Å². The molecule has 0 saturated heterocycles. The molecule has 1 unspecified atom stereocenters. The average molecular weight is 277 g/mol. The van der Waals surface area contributed by atoms with E-state index >= 15 is 0 Å². The molecule has 20 heavy (non-hydrogen) atoms. The van der Waals surface area contributed by atoms with E-state index in [9.17, 15) is 0 Å². The van der Waals surface area contributed by atoms with E-state index in [0.29, 0.717) is 23.6 Å². The van der Waals surface area contributed by atoms with Crippen LogP contribution in [0.4, 0.5) is 0 Å². The molecule has 0 bridgehead atoms. The van der Waals surface area contributed by atoms with Gasteiger partial charge in [0, 0.05) is 19.7 Å². The van der Waals surface area contributed by atoms with E-state index in [4.69, 9.17) is 10.3 Å². The van der Waals surface area contributed by atoms with Gasteiger partial charge in [-0.15, -0.1) is 0 Å². The standard InChI is InChI=1S/C14H23N5O/c1-10(2)11(6-7-15)4-5-13-17-14(18-20-13)12-8-16-19(3)9-12/h8-11H,4-7,15H2,1-3H3. The van der Waals surface area contributed by atoms with Crippen molar-refractivity contribution in [2.45, 2.75) is 33.1 Å². The highest BCUT2D eigenvalue weighted by atomic mass is 16.5. The predicted molar refractivity (Wildman–Crippen MR) is 76.8 cm³/mol. The third-order valence-electron chi connectivity index (χ3n) is 3.64. The Kier molecular flexibility index (Phi) is 4.89. The number of aryl methyl sites for hydroxylation is 2. The number of rotatable bonds is 7. The molecule has 0 spiro atoms. The molecule has 2 heterocycles. The monoisotopic (exact) mass is 277 g/mol. The molecule has 2 aromatic heterocycles. The fourth-order valence-corrected chi connectivity index (χ4v) is 2.34. The molecule has 0 amide bonds. The van der Waals surface area contributed by atoms with E-state index in [2.05, 4.69) is 29.1 Å². The summed E-state index contributed by atoms with van der Waals surface area (Å²) >= 11 is 0. The second-order valence-corrected chi connectivity index (χ2v) is 5.53. The van der Waals surface area contributed by atoms with Crippen LogP contribution in [-0.4, -0.2) is 26.5 Å². The first-order valence-corrected chi connectivity index (χ1v) is 7.11. The molecule has 110 valence electrons. The molecule has 6 nitrogen and oxygen atoms in total. The van der Waals surface area contributed by atoms with Crippen molar-refractivity contribution in [3.63, 3.8) is 0 Å². The van der Waals surface area contributed by atoms with E-state index < -0.39 is 0 Å². The third kappa shape index (κ3) is 3.66. The van der Waals surface area contributed by atoms with Gasteiger partial charge in [0.1, 0.15) is 0 Å². The summed E-state index contributed by atoms with van der Waals surface area (Å²) in [6.07, 6.45) is 6.49. The van der Waals surface area contributed by atoms with E-state index in [1.54, 1.807) is 10.9 Å². The lowest BCUT2D eigenvalue weighted by atomic mass is 9.88. The van der Waals surface area contributed by atoms with Crippen molar-refractivity contribution in [3.8, 4) is 11.4 Å². The van der Waals surface area contributed by atoms with Gasteiger partial charge < -0.3 is 10.3 Å². The van der Waals surface area contributed by atoms with Crippen molar-refractivity contribution >= 4 is 0 Å². The Morgan fingerprint density at radius 3 is 2.75 bits per heavy atom. The molecule has 2 N–H and O–H groups in total. The van der Waals surface area contributed by atoms with Gasteiger partial charge in [0.15, 0.2) is 0 Å². The van der Waals surface area contributed by atoms with Crippen LogP contribution in [0.3, 0.4) is 0 Å². The van der Waals surface area contributed by atoms with Gasteiger partial charge in [-0.1, -0.05) is 19.0 Å². The molecule has 0 aliphatic carbocycles. The first kappa shape index (κ1) is 14.7. The quantitative estimate of drug-likeness (QED) is 0.837. The summed E-state index contributed by atoms with van der Waals surface area (Å²) in [7, 11) is 1.87. The summed E-state index contributed by atoms with van der Waals surface area (Å²) in [4.78, 5) is 4.42. The lowest BCUT2D eigenvalue weighted by Gasteiger charge is -2.18. The topological polar surface area (TPSA) is 82.8 Å². The Morgan fingerprint density at radius 2 is 2.15 bits per heavy atom. The zero-order valence-corrected chi connectivity index (χ0v) is 12.4. The van der Waals surface area contributed by atoms with Gasteiger partial charge in [-0.25, -0.2) is 0 Å². The van der Waals surface area contributed by atoms with Crippen molar-refractivity contribution < 1.29 is 4.52 Å². The van der Waals surface area contributed by atoms with Crippen LogP contribution in [0.5, 0.6) is 0 Å². The molecule has 0 aliphatic rings. The molecular weight excluding hydrogens is 254 g/mol. The highest BCUT2D eigenvalue weighted by Crippen LogP contribution is 2.21. The van der Waals surface area contributed by atoms with Crippen molar-refractivity contribution in [1.29, 1.82) is 0 Å². The minimum Gasteiger partial charge on any atom is -0.339 e. The maximum Gasteiger partial charge on any atom is 0.226 e. The molecule has 1 atom stereocenters. The SMILES string of the molecule is CC(C)C(CCN)CCc1nc(-c2cnn(C)c2)no1. The van der Waals surface area contributed by atoms with Crippen molar-refractivity contribution in [2.75, 3.05) is 6.54 Å². The molecule has 0 fully saturated rings. The molecule has 0 saturated carbocycles. The first-order valence-electron chi connectivity index (χ1n) is 7.11. The summed E-state index contributed by atoms with van der Waals surface area (Å²) in [5.74, 6) is 2.52. The zero-order valence-electron chi connectivity index (χ0n) is 12.4. The Hall–Kier alpha value is -1.69. The number of hydrogen-bond acceptors (Lipinski definition) is 5. The Morgan fingerprint density at radius 1 is 1.35 bits per heavy atom. The van der Waals surface area contributed by atoms with E-state index in [0.717, 1.165) is 31.4 Å². The van der Waals surface area contributed by atoms with Gasteiger partial charge in [0.25, 0.3) is 0 Å². The molecular formula is C14H23N5O. The van der Waals surface area contributed by atoms with Crippen LogP contribution in [0.2, 0.25) is 0 Å². The van der Waals surface area contributed by atoms with Crippen LogP contribution in [0.1, 0.15) is 32.6 Å². The van der Waals surface area contributed by atoms with Gasteiger partial charge in [-0.05, 0) is 31.2 Å². The van der Waals surface area contributed by atoms with Crippen LogP contribution < -0.4 is 5.73 Å². The van der Waals surface area contributed by atoms with E-state index in [1.807, 2.05) is 13.2 Å². The zero-order chi connectivity index (χ0) is 14.5. The fourth-order valence-electron chi connectivity index (χ4n) is 2.34. The van der Waals surface area contributed by atoms with Crippen molar-refractivity contribution in [1.82, 2.24) is 19.9 Å². The second kappa shape index (κ2) is 6.65. The summed E-state index contributed by atoms with van der Waals surface area (Å²) in [6, 6.07) is 0. The summed E-state index contributed by atoms with van der Waals surface area (Å²) in [6.45, 7) is 5.19. The minimum absolute atomic E-state index is 0.605. The van der Waals surface area contributed by atoms with Gasteiger partial charge in [-0.2, -0.15) is 10.1 Å². The lowest BCUT2D eigenvalue weighted by molar-refractivity contribution is 0.313. The van der Waals surface area contributed by atoms with Crippen LogP contribution in [0.15, 0.2) is 16.9 Å². The van der Waals surface area contributed by atoms with Crippen LogP contribution >= 0.6 is 0 Å². The first-order chi connectivity index (χ1) is 9.60. The van der Waals surface area contributed by atoms with Gasteiger partial charge in [0.2, 0.25) is 11.7 Å². The van der Waals surface area contributed by atoms with Gasteiger partial charge in [-0.3, -0.25) is 4.68 Å². The maximum absolute atomic E-state index is 5.66. The number of nitrogens with two attached hydrogens (primary N) is 1. The Bertz CT molecular complexity index is 531. The highest BCUT2D eigenvalue weighted by Gasteiger charge is 2.15. The van der Waals surface area contributed by atoms with Crippen molar-refractivity contribution in [3.05, 3.63) is 18.3 Å². The molecule has 2 rings (SSSR count). The van der Waals surface area contributed by atoms with Gasteiger partial charge >= 0.3 is 0 Å². The van der Waals surface area contributed by atoms with Gasteiger partial charge in [0.05, 0.1) is 11.8 Å². The third-order valence-corrected chi connectivity index (χ3v) is 3.64. The molecule has 0 aliphatic heterocycles. The Labute approximate surface area is 119 Å². The molecule has 0 aromatic carbocycles. The average Bonchev–Trinajstić information content (AvgIpc) is 3.02. The summed E-state index contributed by atoms with van der Waals surface area (Å²) in [5.41, 5.74) is 6.54. The molecule has 2 aromatic rings. The number of nitrogens with zero attached hydrogens (tertiary/aromatic N) is 4. The predicted octanol–water partition coefficient (Wildman–Crippen LogP) is 2.02. The summed E-state index contributed by atoms with van der Waals surface area (Å²) in [5, 5.41) is 8.11. The molecule has 6 heteroatoms. The number of hydrogen-bond donors (Lipinski definition) is 1. The van der Waals surface area contributed by atoms with E-state index in [1.165, 1.54) is 0 Å². The summed E-state index contributed by atoms with van der Waals surface area (Å²) < 4.78 is 7.03. The Balaban J connectivity index is 1.96. The van der Waals surface area contributed by atoms with Crippen LogP contribution in [-0.2, 0) is 13.5 Å². The lowest BCUT2D eigenvalue weighted by Crippen LogP contribution is -2.15. The second-order valence-electron chi connectivity index (χ2n) is 5.53. The highest BCUT2D eigenvalue weighted by molar-refractivity contribution is 5.50. The van der Waals surface area contributed by atoms with Crippen molar-refractivity contribution in [2.24, 2.45) is 24.6 Å². The smallest absolute Gasteiger partial charge is 0.226 e. The largest absolute Gasteiger partial charge is 0.339 e.